The number of alkyl halides is 2. The highest BCUT2D eigenvalue weighted by molar-refractivity contribution is 7.89. The molecule has 0 radical (unpaired) electrons. The lowest BCUT2D eigenvalue weighted by atomic mass is 9.96. The van der Waals surface area contributed by atoms with Crippen LogP contribution in [0.25, 0.3) is 0 Å². The Morgan fingerprint density at radius 3 is 2.48 bits per heavy atom. The van der Waals surface area contributed by atoms with Crippen molar-refractivity contribution in [3.8, 4) is 0 Å². The van der Waals surface area contributed by atoms with Gasteiger partial charge in [0.15, 0.2) is 0 Å². The molecule has 2 aliphatic rings. The van der Waals surface area contributed by atoms with Gasteiger partial charge in [-0.1, -0.05) is 24.3 Å². The summed E-state index contributed by atoms with van der Waals surface area (Å²) in [5.41, 5.74) is -2.00. The van der Waals surface area contributed by atoms with Crippen molar-refractivity contribution >= 4 is 21.7 Å². The van der Waals surface area contributed by atoms with Crippen molar-refractivity contribution in [1.82, 2.24) is 9.21 Å². The molecule has 2 heterocycles. The van der Waals surface area contributed by atoms with Crippen LogP contribution in [0.5, 0.6) is 0 Å². The second kappa shape index (κ2) is 7.81. The first kappa shape index (κ1) is 21.6. The smallest absolute Gasteiger partial charge is 0.322 e. The molecule has 2 saturated heterocycles. The number of amides is 2. The molecule has 7 nitrogen and oxygen atoms in total. The average Bonchev–Trinajstić information content (AvgIpc) is 3.17. The van der Waals surface area contributed by atoms with E-state index in [0.29, 0.717) is 9.99 Å². The third-order valence-corrected chi connectivity index (χ3v) is 7.32. The number of carbonyl (C=O) groups is 1. The number of urea groups is 1. The Balaban J connectivity index is 1.58. The molecule has 0 aromatic heterocycles. The van der Waals surface area contributed by atoms with E-state index in [1.54, 1.807) is 30.3 Å². The van der Waals surface area contributed by atoms with Crippen LogP contribution >= 0.6 is 0 Å². The largest absolute Gasteiger partial charge is 0.352 e. The van der Waals surface area contributed by atoms with E-state index in [-0.39, 0.29) is 19.7 Å². The van der Waals surface area contributed by atoms with Crippen LogP contribution in [0.15, 0.2) is 59.5 Å². The Kier molecular flexibility index (Phi) is 5.44. The topological polar surface area (TPSA) is 79.0 Å². The summed E-state index contributed by atoms with van der Waals surface area (Å²) in [6.07, 6.45) is -0.434. The van der Waals surface area contributed by atoms with Crippen molar-refractivity contribution in [2.45, 2.75) is 23.0 Å². The van der Waals surface area contributed by atoms with Crippen molar-refractivity contribution in [2.24, 2.45) is 0 Å². The second-order valence-corrected chi connectivity index (χ2v) is 9.20. The maximum atomic E-state index is 15.4. The quantitative estimate of drug-likeness (QED) is 0.772. The number of nitrogens with zero attached hydrogens (tertiary/aromatic N) is 2. The molecule has 11 heteroatoms. The van der Waals surface area contributed by atoms with Gasteiger partial charge in [-0.15, -0.1) is 0 Å². The highest BCUT2D eigenvalue weighted by atomic mass is 32.2. The van der Waals surface area contributed by atoms with E-state index in [4.69, 9.17) is 4.74 Å². The zero-order chi connectivity index (χ0) is 22.3. The number of nitrogens with one attached hydrogen (secondary N) is 1. The molecule has 1 atom stereocenters. The maximum absolute atomic E-state index is 15.4. The average molecular weight is 455 g/mol. The summed E-state index contributed by atoms with van der Waals surface area (Å²) < 4.78 is 76.4. The molecule has 4 rings (SSSR count). The van der Waals surface area contributed by atoms with Gasteiger partial charge in [0.05, 0.1) is 18.0 Å². The standard InChI is InChI=1S/C20H20F3N3O4S/c21-15-5-4-8-17(13-15)31(28,29)26-11-12-30-20(26)9-10-25(14-19(20,22)23)18(27)24-16-6-2-1-3-7-16/h1-8,13H,9-12,14H2,(H,24,27). The summed E-state index contributed by atoms with van der Waals surface area (Å²) in [5.74, 6) is -4.50. The van der Waals surface area contributed by atoms with Gasteiger partial charge < -0.3 is 15.0 Å². The normalized spacial score (nSPS) is 23.8. The molecule has 31 heavy (non-hydrogen) atoms. The van der Waals surface area contributed by atoms with E-state index in [1.807, 2.05) is 0 Å². The predicted molar refractivity (Wildman–Crippen MR) is 106 cm³/mol. The van der Waals surface area contributed by atoms with Gasteiger partial charge in [-0.25, -0.2) is 17.6 Å². The van der Waals surface area contributed by atoms with Crippen LogP contribution in [0.2, 0.25) is 0 Å². The lowest BCUT2D eigenvalue weighted by Crippen LogP contribution is -2.68. The molecule has 2 amide bonds. The molecule has 2 aliphatic heterocycles. The first-order valence-corrected chi connectivity index (χ1v) is 11.0. The molecular formula is C20H20F3N3O4S. The second-order valence-electron chi connectivity index (χ2n) is 7.34. The zero-order valence-corrected chi connectivity index (χ0v) is 17.1. The van der Waals surface area contributed by atoms with Crippen LogP contribution in [0, 0.1) is 5.82 Å². The minimum Gasteiger partial charge on any atom is -0.352 e. The number of piperidine rings is 1. The van der Waals surface area contributed by atoms with Crippen molar-refractivity contribution in [3.05, 3.63) is 60.4 Å². The Hall–Kier alpha value is -2.63. The third-order valence-electron chi connectivity index (χ3n) is 5.42. The van der Waals surface area contributed by atoms with E-state index in [9.17, 15) is 17.6 Å². The highest BCUT2D eigenvalue weighted by Gasteiger charge is 2.67. The lowest BCUT2D eigenvalue weighted by Gasteiger charge is -2.47. The number of hydrogen-bond donors (Lipinski definition) is 1. The van der Waals surface area contributed by atoms with Gasteiger partial charge in [-0.3, -0.25) is 0 Å². The van der Waals surface area contributed by atoms with Crippen LogP contribution in [0.4, 0.5) is 23.7 Å². The molecule has 166 valence electrons. The summed E-state index contributed by atoms with van der Waals surface area (Å²) >= 11 is 0. The Morgan fingerprint density at radius 1 is 1.06 bits per heavy atom. The Bertz CT molecular complexity index is 1080. The van der Waals surface area contributed by atoms with E-state index >= 15 is 8.78 Å². The summed E-state index contributed by atoms with van der Waals surface area (Å²) in [6, 6.07) is 11.8. The minimum absolute atomic E-state index is 0.149. The molecule has 2 fully saturated rings. The van der Waals surface area contributed by atoms with Crippen molar-refractivity contribution < 1.29 is 31.1 Å². The molecule has 2 aromatic rings. The molecular weight excluding hydrogens is 435 g/mol. The predicted octanol–water partition coefficient (Wildman–Crippen LogP) is 3.12. The van der Waals surface area contributed by atoms with Crippen molar-refractivity contribution in [1.29, 1.82) is 0 Å². The van der Waals surface area contributed by atoms with Crippen molar-refractivity contribution in [2.75, 3.05) is 31.6 Å². The van der Waals surface area contributed by atoms with Crippen molar-refractivity contribution in [3.63, 3.8) is 0 Å². The minimum atomic E-state index is -4.46. The number of likely N-dealkylation sites (tertiary alicyclic amines) is 1. The Labute approximate surface area is 177 Å². The molecule has 0 aliphatic carbocycles. The molecule has 2 aromatic carbocycles. The molecule has 0 bridgehead atoms. The van der Waals surface area contributed by atoms with Gasteiger partial charge in [0, 0.05) is 25.2 Å². The number of benzene rings is 2. The van der Waals surface area contributed by atoms with Crippen LogP contribution in [0.1, 0.15) is 6.42 Å². The van der Waals surface area contributed by atoms with E-state index < -0.39 is 51.4 Å². The fourth-order valence-electron chi connectivity index (χ4n) is 3.91. The van der Waals surface area contributed by atoms with E-state index in [1.165, 1.54) is 6.07 Å². The number of hydrogen-bond acceptors (Lipinski definition) is 4. The zero-order valence-electron chi connectivity index (χ0n) is 16.3. The molecule has 0 saturated carbocycles. The van der Waals surface area contributed by atoms with E-state index in [0.717, 1.165) is 23.1 Å². The monoisotopic (exact) mass is 455 g/mol. The summed E-state index contributed by atoms with van der Waals surface area (Å²) in [7, 11) is -4.46. The number of carbonyl (C=O) groups excluding carboxylic acids is 1. The SMILES string of the molecule is O=C(Nc1ccccc1)N1CCC2(OCCN2S(=O)(=O)c2cccc(F)c2)C(F)(F)C1. The van der Waals surface area contributed by atoms with Crippen LogP contribution < -0.4 is 5.32 Å². The van der Waals surface area contributed by atoms with Gasteiger partial charge in [0.25, 0.3) is 0 Å². The molecule has 1 spiro atoms. The number of rotatable bonds is 3. The number of ether oxygens (including phenoxy) is 1. The first-order valence-electron chi connectivity index (χ1n) is 9.57. The van der Waals surface area contributed by atoms with Gasteiger partial charge in [0.1, 0.15) is 5.82 Å². The fourth-order valence-corrected chi connectivity index (χ4v) is 5.66. The Morgan fingerprint density at radius 2 is 1.81 bits per heavy atom. The lowest BCUT2D eigenvalue weighted by molar-refractivity contribution is -0.246. The van der Waals surface area contributed by atoms with Gasteiger partial charge >= 0.3 is 12.0 Å². The fraction of sp³-hybridized carbons (Fsp3) is 0.350. The molecule has 1 unspecified atom stereocenters. The van der Waals surface area contributed by atoms with E-state index in [2.05, 4.69) is 5.32 Å². The van der Waals surface area contributed by atoms with Gasteiger partial charge in [-0.05, 0) is 30.3 Å². The number of anilines is 1. The number of para-hydroxylation sites is 1. The number of halogens is 3. The van der Waals surface area contributed by atoms with Crippen LogP contribution in [0.3, 0.4) is 0 Å². The van der Waals surface area contributed by atoms with Crippen LogP contribution in [-0.2, 0) is 14.8 Å². The number of sulfonamides is 1. The van der Waals surface area contributed by atoms with Crippen LogP contribution in [-0.4, -0.2) is 61.5 Å². The highest BCUT2D eigenvalue weighted by Crippen LogP contribution is 2.47. The summed E-state index contributed by atoms with van der Waals surface area (Å²) in [6.45, 7) is -1.71. The summed E-state index contributed by atoms with van der Waals surface area (Å²) in [4.78, 5) is 13.0. The first-order chi connectivity index (χ1) is 14.7. The van der Waals surface area contributed by atoms with Gasteiger partial charge in [0.2, 0.25) is 15.7 Å². The molecule has 1 N–H and O–H groups in total. The summed E-state index contributed by atoms with van der Waals surface area (Å²) in [5, 5.41) is 2.54. The maximum Gasteiger partial charge on any atom is 0.322 e. The van der Waals surface area contributed by atoms with Gasteiger partial charge in [-0.2, -0.15) is 13.1 Å². The third kappa shape index (κ3) is 3.77.